The normalized spacial score (nSPS) is 24.6. The van der Waals surface area contributed by atoms with Crippen LogP contribution >= 0.6 is 0 Å². The van der Waals surface area contributed by atoms with Crippen LogP contribution in [0, 0.1) is 5.92 Å². The molecule has 0 aromatic heterocycles. The summed E-state index contributed by atoms with van der Waals surface area (Å²) in [6, 6.07) is 12.0. The fourth-order valence-corrected chi connectivity index (χ4v) is 4.73. The first kappa shape index (κ1) is 19.7. The van der Waals surface area contributed by atoms with Crippen LogP contribution < -0.4 is 10.1 Å². The molecule has 4 rings (SSSR count). The monoisotopic (exact) mass is 395 g/mol. The van der Waals surface area contributed by atoms with E-state index in [1.165, 1.54) is 4.90 Å². The molecule has 2 atom stereocenters. The van der Waals surface area contributed by atoms with Crippen molar-refractivity contribution in [3.63, 3.8) is 0 Å². The van der Waals surface area contributed by atoms with Crippen molar-refractivity contribution in [3.05, 3.63) is 42.0 Å². The number of rotatable bonds is 5. The standard InChI is InChI=1S/C23H29N3O3/c1-16-6-4-5-11-23(16)21(27)26(22(28)24-23)15-25(2)14-17-7-8-19-13-20(29-3)10-9-18(19)12-17/h7-10,12-13,16H,4-6,11,14-15H2,1-3H3,(H,24,28). The van der Waals surface area contributed by atoms with Crippen LogP contribution in [0.1, 0.15) is 38.2 Å². The molecule has 0 bridgehead atoms. The summed E-state index contributed by atoms with van der Waals surface area (Å²) in [7, 11) is 3.60. The van der Waals surface area contributed by atoms with E-state index in [-0.39, 0.29) is 17.9 Å². The van der Waals surface area contributed by atoms with Gasteiger partial charge in [0.2, 0.25) is 0 Å². The summed E-state index contributed by atoms with van der Waals surface area (Å²) in [5.41, 5.74) is 0.441. The maximum atomic E-state index is 13.1. The molecule has 0 radical (unpaired) electrons. The number of hydrogen-bond acceptors (Lipinski definition) is 4. The number of benzene rings is 2. The highest BCUT2D eigenvalue weighted by molar-refractivity contribution is 6.07. The number of hydrogen-bond donors (Lipinski definition) is 1. The van der Waals surface area contributed by atoms with Crippen molar-refractivity contribution in [2.45, 2.75) is 44.7 Å². The lowest BCUT2D eigenvalue weighted by atomic mass is 9.73. The molecule has 2 fully saturated rings. The highest BCUT2D eigenvalue weighted by Crippen LogP contribution is 2.38. The van der Waals surface area contributed by atoms with Gasteiger partial charge in [-0.2, -0.15) is 0 Å². The number of imide groups is 1. The third-order valence-corrected chi connectivity index (χ3v) is 6.45. The number of carbonyl (C=O) groups excluding carboxylic acids is 2. The first-order chi connectivity index (χ1) is 13.9. The number of amides is 3. The van der Waals surface area contributed by atoms with Crippen molar-refractivity contribution in [3.8, 4) is 5.75 Å². The van der Waals surface area contributed by atoms with E-state index in [0.717, 1.165) is 47.8 Å². The molecule has 1 N–H and O–H groups in total. The van der Waals surface area contributed by atoms with Gasteiger partial charge in [0.05, 0.1) is 13.8 Å². The molecule has 1 saturated heterocycles. The highest BCUT2D eigenvalue weighted by Gasteiger charge is 2.54. The summed E-state index contributed by atoms with van der Waals surface area (Å²) in [6.45, 7) is 3.02. The van der Waals surface area contributed by atoms with Gasteiger partial charge in [-0.05, 0) is 60.3 Å². The van der Waals surface area contributed by atoms with Crippen LogP contribution in [0.5, 0.6) is 5.75 Å². The molecule has 2 aliphatic rings. The second kappa shape index (κ2) is 7.67. The van der Waals surface area contributed by atoms with Crippen molar-refractivity contribution in [2.75, 3.05) is 20.8 Å². The molecule has 1 spiro atoms. The van der Waals surface area contributed by atoms with Gasteiger partial charge < -0.3 is 10.1 Å². The van der Waals surface area contributed by atoms with E-state index in [0.29, 0.717) is 13.2 Å². The van der Waals surface area contributed by atoms with E-state index in [1.807, 2.05) is 30.1 Å². The fraction of sp³-hybridized carbons (Fsp3) is 0.478. The fourth-order valence-electron chi connectivity index (χ4n) is 4.73. The predicted molar refractivity (Wildman–Crippen MR) is 113 cm³/mol. The molecule has 29 heavy (non-hydrogen) atoms. The Bertz CT molecular complexity index is 944. The minimum absolute atomic E-state index is 0.0628. The molecule has 2 aromatic carbocycles. The SMILES string of the molecule is COc1ccc2cc(CN(C)CN3C(=O)NC4(CCCCC4C)C3=O)ccc2c1. The summed E-state index contributed by atoms with van der Waals surface area (Å²) < 4.78 is 5.28. The number of urea groups is 1. The van der Waals surface area contributed by atoms with Gasteiger partial charge in [0, 0.05) is 6.54 Å². The third kappa shape index (κ3) is 3.57. The zero-order chi connectivity index (χ0) is 20.6. The summed E-state index contributed by atoms with van der Waals surface area (Å²) in [6.07, 6.45) is 3.84. The maximum absolute atomic E-state index is 13.1. The Kier molecular flexibility index (Phi) is 5.21. The first-order valence-electron chi connectivity index (χ1n) is 10.3. The lowest BCUT2D eigenvalue weighted by Crippen LogP contribution is -2.54. The highest BCUT2D eigenvalue weighted by atomic mass is 16.5. The van der Waals surface area contributed by atoms with Crippen LogP contribution in [0.25, 0.3) is 10.8 Å². The molecule has 2 aromatic rings. The molecule has 6 heteroatoms. The number of ether oxygens (including phenoxy) is 1. The second-order valence-electron chi connectivity index (χ2n) is 8.48. The maximum Gasteiger partial charge on any atom is 0.326 e. The van der Waals surface area contributed by atoms with Gasteiger partial charge in [-0.25, -0.2) is 9.69 Å². The van der Waals surface area contributed by atoms with E-state index < -0.39 is 5.54 Å². The van der Waals surface area contributed by atoms with E-state index in [1.54, 1.807) is 7.11 Å². The van der Waals surface area contributed by atoms with E-state index in [2.05, 4.69) is 30.4 Å². The Balaban J connectivity index is 1.45. The van der Waals surface area contributed by atoms with E-state index >= 15 is 0 Å². The van der Waals surface area contributed by atoms with Gasteiger partial charge >= 0.3 is 6.03 Å². The third-order valence-electron chi connectivity index (χ3n) is 6.45. The van der Waals surface area contributed by atoms with Crippen LogP contribution in [0.4, 0.5) is 4.79 Å². The van der Waals surface area contributed by atoms with Crippen molar-refractivity contribution in [1.82, 2.24) is 15.1 Å². The molecule has 1 aliphatic heterocycles. The topological polar surface area (TPSA) is 61.9 Å². The molecule has 1 saturated carbocycles. The van der Waals surface area contributed by atoms with Crippen LogP contribution in [0.15, 0.2) is 36.4 Å². The zero-order valence-corrected chi connectivity index (χ0v) is 17.4. The van der Waals surface area contributed by atoms with Crippen molar-refractivity contribution >= 4 is 22.7 Å². The van der Waals surface area contributed by atoms with E-state index in [4.69, 9.17) is 4.74 Å². The summed E-state index contributed by atoms with van der Waals surface area (Å²) >= 11 is 0. The van der Waals surface area contributed by atoms with Crippen LogP contribution in [0.2, 0.25) is 0 Å². The molecule has 6 nitrogen and oxygen atoms in total. The Labute approximate surface area is 171 Å². The Morgan fingerprint density at radius 1 is 1.17 bits per heavy atom. The lowest BCUT2D eigenvalue weighted by Gasteiger charge is -2.37. The predicted octanol–water partition coefficient (Wildman–Crippen LogP) is 3.74. The Hall–Kier alpha value is -2.60. The summed E-state index contributed by atoms with van der Waals surface area (Å²) in [4.78, 5) is 29.1. The average molecular weight is 396 g/mol. The van der Waals surface area contributed by atoms with Gasteiger partial charge in [0.15, 0.2) is 0 Å². The Morgan fingerprint density at radius 2 is 1.93 bits per heavy atom. The number of carbonyl (C=O) groups is 2. The van der Waals surface area contributed by atoms with Crippen LogP contribution in [0.3, 0.4) is 0 Å². The molecular formula is C23H29N3O3. The summed E-state index contributed by atoms with van der Waals surface area (Å²) in [5.74, 6) is 0.958. The summed E-state index contributed by atoms with van der Waals surface area (Å²) in [5, 5.41) is 5.29. The van der Waals surface area contributed by atoms with Gasteiger partial charge in [-0.1, -0.05) is 38.0 Å². The number of methoxy groups -OCH3 is 1. The van der Waals surface area contributed by atoms with Gasteiger partial charge in [-0.3, -0.25) is 9.69 Å². The molecule has 1 heterocycles. The minimum Gasteiger partial charge on any atom is -0.497 e. The average Bonchev–Trinajstić information content (AvgIpc) is 2.94. The van der Waals surface area contributed by atoms with Crippen molar-refractivity contribution < 1.29 is 14.3 Å². The van der Waals surface area contributed by atoms with Gasteiger partial charge in [-0.15, -0.1) is 0 Å². The van der Waals surface area contributed by atoms with Crippen molar-refractivity contribution in [1.29, 1.82) is 0 Å². The quantitative estimate of drug-likeness (QED) is 0.784. The number of nitrogens with zero attached hydrogens (tertiary/aromatic N) is 2. The second-order valence-corrected chi connectivity index (χ2v) is 8.48. The number of nitrogens with one attached hydrogen (secondary N) is 1. The Morgan fingerprint density at radius 3 is 2.69 bits per heavy atom. The molecule has 3 amide bonds. The first-order valence-corrected chi connectivity index (χ1v) is 10.3. The lowest BCUT2D eigenvalue weighted by molar-refractivity contribution is -0.135. The van der Waals surface area contributed by atoms with E-state index in [9.17, 15) is 9.59 Å². The van der Waals surface area contributed by atoms with Crippen molar-refractivity contribution in [2.24, 2.45) is 5.92 Å². The minimum atomic E-state index is -0.696. The van der Waals surface area contributed by atoms with Crippen LogP contribution in [-0.2, 0) is 11.3 Å². The molecule has 154 valence electrons. The zero-order valence-electron chi connectivity index (χ0n) is 17.4. The van der Waals surface area contributed by atoms with Gasteiger partial charge in [0.1, 0.15) is 11.3 Å². The molecular weight excluding hydrogens is 366 g/mol. The molecule has 2 unspecified atom stereocenters. The number of fused-ring (bicyclic) bond motifs is 1. The molecule has 1 aliphatic carbocycles. The van der Waals surface area contributed by atoms with Crippen LogP contribution in [-0.4, -0.2) is 48.1 Å². The smallest absolute Gasteiger partial charge is 0.326 e. The largest absolute Gasteiger partial charge is 0.497 e. The van der Waals surface area contributed by atoms with Gasteiger partial charge in [0.25, 0.3) is 5.91 Å².